The molecular formula is C19H23NO2. The van der Waals surface area contributed by atoms with Crippen LogP contribution >= 0.6 is 0 Å². The van der Waals surface area contributed by atoms with Crippen LogP contribution in [0.4, 0.5) is 0 Å². The van der Waals surface area contributed by atoms with Crippen LogP contribution in [0.1, 0.15) is 30.9 Å². The molecule has 0 saturated heterocycles. The van der Waals surface area contributed by atoms with Gasteiger partial charge in [-0.2, -0.15) is 0 Å². The molecule has 1 N–H and O–H groups in total. The molecule has 1 unspecified atom stereocenters. The van der Waals surface area contributed by atoms with Crippen LogP contribution in [0.2, 0.25) is 0 Å². The molecule has 0 aliphatic carbocycles. The third-order valence-electron chi connectivity index (χ3n) is 3.82. The molecule has 0 heterocycles. The van der Waals surface area contributed by atoms with Crippen LogP contribution in [0.5, 0.6) is 0 Å². The second kappa shape index (κ2) is 8.35. The van der Waals surface area contributed by atoms with Crippen LogP contribution in [0.3, 0.4) is 0 Å². The highest BCUT2D eigenvalue weighted by atomic mass is 16.3. The monoisotopic (exact) mass is 297 g/mol. The van der Waals surface area contributed by atoms with E-state index < -0.39 is 6.10 Å². The van der Waals surface area contributed by atoms with E-state index in [0.29, 0.717) is 6.42 Å². The third kappa shape index (κ3) is 4.43. The van der Waals surface area contributed by atoms with Gasteiger partial charge >= 0.3 is 0 Å². The van der Waals surface area contributed by atoms with Crippen molar-refractivity contribution in [1.29, 1.82) is 0 Å². The Hall–Kier alpha value is -2.13. The van der Waals surface area contributed by atoms with Crippen molar-refractivity contribution in [1.82, 2.24) is 4.90 Å². The van der Waals surface area contributed by atoms with Gasteiger partial charge in [0.2, 0.25) is 6.41 Å². The number of rotatable bonds is 8. The van der Waals surface area contributed by atoms with E-state index in [4.69, 9.17) is 0 Å². The first-order chi connectivity index (χ1) is 10.7. The lowest BCUT2D eigenvalue weighted by atomic mass is 9.94. The first kappa shape index (κ1) is 16.2. The van der Waals surface area contributed by atoms with Crippen LogP contribution in [-0.2, 0) is 4.79 Å². The van der Waals surface area contributed by atoms with Crippen molar-refractivity contribution in [3.63, 3.8) is 0 Å². The molecule has 116 valence electrons. The number of hydrogen-bond donors (Lipinski definition) is 1. The van der Waals surface area contributed by atoms with E-state index in [-0.39, 0.29) is 0 Å². The van der Waals surface area contributed by atoms with Crippen molar-refractivity contribution in [3.8, 4) is 11.1 Å². The fourth-order valence-electron chi connectivity index (χ4n) is 2.58. The second-order valence-corrected chi connectivity index (χ2v) is 5.55. The number of aliphatic hydroxyl groups is 1. The predicted octanol–water partition coefficient (Wildman–Crippen LogP) is 3.65. The smallest absolute Gasteiger partial charge is 0.209 e. The normalized spacial score (nSPS) is 11.9. The summed E-state index contributed by atoms with van der Waals surface area (Å²) in [6.45, 7) is 0.733. The number of carbonyl (C=O) groups is 1. The molecule has 0 spiro atoms. The zero-order valence-electron chi connectivity index (χ0n) is 13.0. The van der Waals surface area contributed by atoms with Crippen LogP contribution in [0, 0.1) is 0 Å². The Balaban J connectivity index is 2.01. The molecule has 0 fully saturated rings. The van der Waals surface area contributed by atoms with Gasteiger partial charge in [0.1, 0.15) is 0 Å². The number of hydrogen-bond acceptors (Lipinski definition) is 2. The minimum absolute atomic E-state index is 0.474. The zero-order valence-corrected chi connectivity index (χ0v) is 13.0. The molecule has 0 aliphatic rings. The standard InChI is InChI=1S/C19H23NO2/c1-20(15-21)14-8-7-13-19(22)18-12-6-5-11-17(18)16-9-3-2-4-10-16/h2-6,9-12,15,19,22H,7-8,13-14H2,1H3. The van der Waals surface area contributed by atoms with E-state index in [9.17, 15) is 9.90 Å². The summed E-state index contributed by atoms with van der Waals surface area (Å²) in [7, 11) is 1.77. The predicted molar refractivity (Wildman–Crippen MR) is 89.4 cm³/mol. The first-order valence-electron chi connectivity index (χ1n) is 7.70. The maximum Gasteiger partial charge on any atom is 0.209 e. The van der Waals surface area contributed by atoms with Crippen LogP contribution in [0.15, 0.2) is 54.6 Å². The lowest BCUT2D eigenvalue weighted by Gasteiger charge is -2.16. The minimum Gasteiger partial charge on any atom is -0.388 e. The Kier molecular flexibility index (Phi) is 6.16. The fourth-order valence-corrected chi connectivity index (χ4v) is 2.58. The minimum atomic E-state index is -0.474. The topological polar surface area (TPSA) is 40.5 Å². The van der Waals surface area contributed by atoms with E-state index in [2.05, 4.69) is 12.1 Å². The highest BCUT2D eigenvalue weighted by molar-refractivity contribution is 5.67. The summed E-state index contributed by atoms with van der Waals surface area (Å²) in [6, 6.07) is 18.1. The maximum atomic E-state index is 10.5. The molecule has 0 aliphatic heterocycles. The Bertz CT molecular complexity index is 583. The molecular weight excluding hydrogens is 274 g/mol. The number of carbonyl (C=O) groups excluding carboxylic acids is 1. The quantitative estimate of drug-likeness (QED) is 0.597. The van der Waals surface area contributed by atoms with Gasteiger partial charge in [0.05, 0.1) is 6.10 Å². The highest BCUT2D eigenvalue weighted by Gasteiger charge is 2.12. The lowest BCUT2D eigenvalue weighted by Crippen LogP contribution is -2.17. The molecule has 2 rings (SSSR count). The Morgan fingerprint density at radius 1 is 1.05 bits per heavy atom. The van der Waals surface area contributed by atoms with Crippen molar-refractivity contribution >= 4 is 6.41 Å². The fraction of sp³-hybridized carbons (Fsp3) is 0.316. The summed E-state index contributed by atoms with van der Waals surface area (Å²) in [4.78, 5) is 12.2. The summed E-state index contributed by atoms with van der Waals surface area (Å²) in [5.74, 6) is 0. The van der Waals surface area contributed by atoms with Crippen LogP contribution in [0.25, 0.3) is 11.1 Å². The van der Waals surface area contributed by atoms with Gasteiger partial charge in [0.15, 0.2) is 0 Å². The average Bonchev–Trinajstić information content (AvgIpc) is 2.59. The molecule has 0 aromatic heterocycles. The van der Waals surface area contributed by atoms with Crippen LogP contribution < -0.4 is 0 Å². The zero-order chi connectivity index (χ0) is 15.8. The number of aliphatic hydroxyl groups excluding tert-OH is 1. The number of unbranched alkanes of at least 4 members (excludes halogenated alkanes) is 1. The molecule has 2 aromatic rings. The van der Waals surface area contributed by atoms with Crippen LogP contribution in [-0.4, -0.2) is 30.0 Å². The van der Waals surface area contributed by atoms with Gasteiger partial charge in [-0.1, -0.05) is 54.6 Å². The van der Waals surface area contributed by atoms with E-state index in [1.54, 1.807) is 11.9 Å². The largest absolute Gasteiger partial charge is 0.388 e. The summed E-state index contributed by atoms with van der Waals surface area (Å²) in [6.07, 6.45) is 2.86. The molecule has 2 aromatic carbocycles. The van der Waals surface area contributed by atoms with E-state index in [0.717, 1.165) is 42.5 Å². The maximum absolute atomic E-state index is 10.5. The number of amides is 1. The van der Waals surface area contributed by atoms with Crippen molar-refractivity contribution in [2.24, 2.45) is 0 Å². The van der Waals surface area contributed by atoms with E-state index >= 15 is 0 Å². The van der Waals surface area contributed by atoms with E-state index in [1.165, 1.54) is 0 Å². The van der Waals surface area contributed by atoms with Gasteiger partial charge in [0, 0.05) is 13.6 Å². The summed E-state index contributed by atoms with van der Waals surface area (Å²) in [5, 5.41) is 10.5. The Morgan fingerprint density at radius 3 is 2.45 bits per heavy atom. The Labute approximate surface area is 132 Å². The summed E-state index contributed by atoms with van der Waals surface area (Å²) in [5.41, 5.74) is 3.18. The van der Waals surface area contributed by atoms with Crippen molar-refractivity contribution in [2.75, 3.05) is 13.6 Å². The first-order valence-corrected chi connectivity index (χ1v) is 7.70. The van der Waals surface area contributed by atoms with Crippen molar-refractivity contribution < 1.29 is 9.90 Å². The van der Waals surface area contributed by atoms with Gasteiger partial charge < -0.3 is 10.0 Å². The summed E-state index contributed by atoms with van der Waals surface area (Å²) < 4.78 is 0. The van der Waals surface area contributed by atoms with E-state index in [1.807, 2.05) is 42.5 Å². The Morgan fingerprint density at radius 2 is 1.73 bits per heavy atom. The molecule has 1 atom stereocenters. The van der Waals surface area contributed by atoms with Gasteiger partial charge in [-0.3, -0.25) is 4.79 Å². The third-order valence-corrected chi connectivity index (χ3v) is 3.82. The molecule has 3 nitrogen and oxygen atoms in total. The molecule has 22 heavy (non-hydrogen) atoms. The lowest BCUT2D eigenvalue weighted by molar-refractivity contribution is -0.117. The van der Waals surface area contributed by atoms with Crippen molar-refractivity contribution in [2.45, 2.75) is 25.4 Å². The second-order valence-electron chi connectivity index (χ2n) is 5.55. The SMILES string of the molecule is CN(C=O)CCCCC(O)c1ccccc1-c1ccccc1. The molecule has 0 radical (unpaired) electrons. The molecule has 0 saturated carbocycles. The number of nitrogens with zero attached hydrogens (tertiary/aromatic N) is 1. The average molecular weight is 297 g/mol. The number of benzene rings is 2. The molecule has 0 bridgehead atoms. The van der Waals surface area contributed by atoms with Gasteiger partial charge in [-0.05, 0) is 36.0 Å². The van der Waals surface area contributed by atoms with Gasteiger partial charge in [-0.25, -0.2) is 0 Å². The van der Waals surface area contributed by atoms with Gasteiger partial charge in [0.25, 0.3) is 0 Å². The summed E-state index contributed by atoms with van der Waals surface area (Å²) >= 11 is 0. The molecule has 3 heteroatoms. The molecule has 1 amide bonds. The van der Waals surface area contributed by atoms with Gasteiger partial charge in [-0.15, -0.1) is 0 Å². The van der Waals surface area contributed by atoms with Crippen molar-refractivity contribution in [3.05, 3.63) is 60.2 Å². The highest BCUT2D eigenvalue weighted by Crippen LogP contribution is 2.30.